The van der Waals surface area contributed by atoms with Crippen molar-refractivity contribution in [3.05, 3.63) is 59.7 Å². The van der Waals surface area contributed by atoms with Crippen LogP contribution in [0.25, 0.3) is 11.1 Å². The van der Waals surface area contributed by atoms with Gasteiger partial charge in [-0.3, -0.25) is 4.79 Å². The maximum Gasteiger partial charge on any atom is 0.407 e. The lowest BCUT2D eigenvalue weighted by Gasteiger charge is -2.29. The van der Waals surface area contributed by atoms with Gasteiger partial charge >= 0.3 is 12.1 Å². The van der Waals surface area contributed by atoms with Crippen molar-refractivity contribution in [1.29, 1.82) is 0 Å². The van der Waals surface area contributed by atoms with E-state index < -0.39 is 23.0 Å². The van der Waals surface area contributed by atoms with E-state index in [1.807, 2.05) is 38.1 Å². The van der Waals surface area contributed by atoms with Crippen molar-refractivity contribution in [2.45, 2.75) is 52.0 Å². The van der Waals surface area contributed by atoms with Gasteiger partial charge in [0.1, 0.15) is 12.1 Å². The molecule has 0 saturated carbocycles. The maximum atomic E-state index is 12.4. The predicted molar refractivity (Wildman–Crippen MR) is 126 cm³/mol. The summed E-state index contributed by atoms with van der Waals surface area (Å²) in [6.07, 6.45) is -0.208. The summed E-state index contributed by atoms with van der Waals surface area (Å²) in [6, 6.07) is 16.3. The molecule has 0 aromatic heterocycles. The van der Waals surface area contributed by atoms with Gasteiger partial charge in [-0.2, -0.15) is 0 Å². The summed E-state index contributed by atoms with van der Waals surface area (Å²) in [5.74, 6) is -1.47. The number of amides is 2. The monoisotopic (exact) mass is 452 g/mol. The molecule has 0 bridgehead atoms. The molecule has 7 nitrogen and oxygen atoms in total. The lowest BCUT2D eigenvalue weighted by molar-refractivity contribution is -0.147. The highest BCUT2D eigenvalue weighted by atomic mass is 16.5. The first-order valence-electron chi connectivity index (χ1n) is 11.2. The molecule has 1 atom stereocenters. The Morgan fingerprint density at radius 2 is 1.52 bits per heavy atom. The third-order valence-electron chi connectivity index (χ3n) is 6.29. The minimum absolute atomic E-state index is 0.0234. The zero-order valence-corrected chi connectivity index (χ0v) is 19.6. The van der Waals surface area contributed by atoms with E-state index in [9.17, 15) is 19.5 Å². The van der Waals surface area contributed by atoms with Crippen LogP contribution in [0.5, 0.6) is 0 Å². The Kier molecular flexibility index (Phi) is 7.10. The first-order chi connectivity index (χ1) is 15.6. The molecule has 3 N–H and O–H groups in total. The van der Waals surface area contributed by atoms with E-state index in [0.29, 0.717) is 0 Å². The Balaban J connectivity index is 1.53. The molecule has 2 amide bonds. The number of aliphatic carboxylic acids is 1. The van der Waals surface area contributed by atoms with Crippen LogP contribution in [0.4, 0.5) is 4.79 Å². The van der Waals surface area contributed by atoms with E-state index in [0.717, 1.165) is 22.3 Å². The summed E-state index contributed by atoms with van der Waals surface area (Å²) in [6.45, 7) is 7.29. The van der Waals surface area contributed by atoms with Gasteiger partial charge in [0.25, 0.3) is 0 Å². The summed E-state index contributed by atoms with van der Waals surface area (Å²) in [5.41, 5.74) is 2.71. The highest BCUT2D eigenvalue weighted by molar-refractivity contribution is 5.87. The Labute approximate surface area is 194 Å². The molecule has 176 valence electrons. The molecule has 1 aliphatic carbocycles. The van der Waals surface area contributed by atoms with E-state index >= 15 is 0 Å². The Morgan fingerprint density at radius 1 is 0.970 bits per heavy atom. The van der Waals surface area contributed by atoms with Crippen molar-refractivity contribution in [2.24, 2.45) is 5.41 Å². The van der Waals surface area contributed by atoms with Gasteiger partial charge in [0.15, 0.2) is 0 Å². The molecule has 2 aromatic rings. The fourth-order valence-electron chi connectivity index (χ4n) is 4.10. The number of carbonyl (C=O) groups is 3. The third kappa shape index (κ3) is 5.53. The number of carboxylic acids is 1. The van der Waals surface area contributed by atoms with Crippen LogP contribution in [-0.2, 0) is 14.3 Å². The molecule has 0 radical (unpaired) electrons. The van der Waals surface area contributed by atoms with Crippen molar-refractivity contribution >= 4 is 18.0 Å². The van der Waals surface area contributed by atoms with Gasteiger partial charge < -0.3 is 20.5 Å². The smallest absolute Gasteiger partial charge is 0.407 e. The molecule has 1 unspecified atom stereocenters. The van der Waals surface area contributed by atoms with E-state index in [1.165, 1.54) is 6.92 Å². The van der Waals surface area contributed by atoms with E-state index in [4.69, 9.17) is 4.74 Å². The third-order valence-corrected chi connectivity index (χ3v) is 6.29. The second-order valence-electron chi connectivity index (χ2n) is 9.56. The van der Waals surface area contributed by atoms with Crippen LogP contribution in [-0.4, -0.2) is 41.8 Å². The number of alkyl carbamates (subject to hydrolysis) is 1. The van der Waals surface area contributed by atoms with Crippen molar-refractivity contribution in [2.75, 3.05) is 13.2 Å². The first kappa shape index (κ1) is 24.3. The van der Waals surface area contributed by atoms with Crippen LogP contribution in [0.2, 0.25) is 0 Å². The highest BCUT2D eigenvalue weighted by Gasteiger charge is 2.34. The molecular weight excluding hydrogens is 420 g/mol. The maximum absolute atomic E-state index is 12.4. The largest absolute Gasteiger partial charge is 0.480 e. The predicted octanol–water partition coefficient (Wildman–Crippen LogP) is 4.31. The van der Waals surface area contributed by atoms with Gasteiger partial charge in [-0.15, -0.1) is 0 Å². The van der Waals surface area contributed by atoms with Crippen LogP contribution in [0.15, 0.2) is 48.5 Å². The lowest BCUT2D eigenvalue weighted by atomic mass is 9.88. The number of hydrogen-bond donors (Lipinski definition) is 3. The molecule has 0 fully saturated rings. The second kappa shape index (κ2) is 9.65. The first-order valence-corrected chi connectivity index (χ1v) is 11.2. The number of carbonyl (C=O) groups excluding carboxylic acids is 2. The fraction of sp³-hybridized carbons (Fsp3) is 0.423. The average Bonchev–Trinajstić information content (AvgIpc) is 3.09. The number of carboxylic acid groups (broad SMARTS) is 1. The van der Waals surface area contributed by atoms with Gasteiger partial charge in [0.2, 0.25) is 5.91 Å². The van der Waals surface area contributed by atoms with Crippen molar-refractivity contribution < 1.29 is 24.2 Å². The lowest BCUT2D eigenvalue weighted by Crippen LogP contribution is -2.52. The summed E-state index contributed by atoms with van der Waals surface area (Å²) in [4.78, 5) is 36.2. The van der Waals surface area contributed by atoms with Crippen LogP contribution in [0, 0.1) is 5.41 Å². The molecule has 1 aliphatic rings. The minimum Gasteiger partial charge on any atom is -0.480 e. The summed E-state index contributed by atoms with van der Waals surface area (Å²) in [5, 5.41) is 14.7. The highest BCUT2D eigenvalue weighted by Crippen LogP contribution is 2.44. The molecule has 0 saturated heterocycles. The van der Waals surface area contributed by atoms with Crippen molar-refractivity contribution in [3.8, 4) is 11.1 Å². The fourth-order valence-corrected chi connectivity index (χ4v) is 4.10. The zero-order chi connectivity index (χ0) is 24.2. The van der Waals surface area contributed by atoms with Crippen LogP contribution < -0.4 is 10.6 Å². The normalized spacial score (nSPS) is 14.5. The quantitative estimate of drug-likeness (QED) is 0.526. The number of nitrogens with one attached hydrogen (secondary N) is 2. The van der Waals surface area contributed by atoms with Crippen LogP contribution >= 0.6 is 0 Å². The number of hydrogen-bond acceptors (Lipinski definition) is 4. The molecule has 0 heterocycles. The molecule has 2 aromatic carbocycles. The van der Waals surface area contributed by atoms with E-state index in [1.54, 1.807) is 6.92 Å². The second-order valence-corrected chi connectivity index (χ2v) is 9.56. The summed E-state index contributed by atoms with van der Waals surface area (Å²) >= 11 is 0. The van der Waals surface area contributed by atoms with E-state index in [2.05, 4.69) is 34.9 Å². The Morgan fingerprint density at radius 3 is 2.03 bits per heavy atom. The number of rotatable bonds is 9. The minimum atomic E-state index is -1.31. The summed E-state index contributed by atoms with van der Waals surface area (Å²) in [7, 11) is 0. The molecule has 0 aliphatic heterocycles. The molecule has 7 heteroatoms. The van der Waals surface area contributed by atoms with Crippen molar-refractivity contribution in [3.63, 3.8) is 0 Å². The number of benzene rings is 2. The number of ether oxygens (including phenoxy) is 1. The zero-order valence-electron chi connectivity index (χ0n) is 19.6. The molecular formula is C26H32N2O5. The van der Waals surface area contributed by atoms with Gasteiger partial charge in [0.05, 0.1) is 0 Å². The molecule has 3 rings (SSSR count). The van der Waals surface area contributed by atoms with Crippen LogP contribution in [0.1, 0.15) is 57.6 Å². The van der Waals surface area contributed by atoms with Crippen LogP contribution in [0.3, 0.4) is 0 Å². The molecule has 33 heavy (non-hydrogen) atoms. The topological polar surface area (TPSA) is 105 Å². The number of fused-ring (bicyclic) bond motifs is 3. The van der Waals surface area contributed by atoms with Gasteiger partial charge in [-0.05, 0) is 41.0 Å². The van der Waals surface area contributed by atoms with Gasteiger partial charge in [0, 0.05) is 18.9 Å². The Bertz CT molecular complexity index is 1000. The summed E-state index contributed by atoms with van der Waals surface area (Å²) < 4.78 is 5.54. The Hall–Kier alpha value is -3.35. The van der Waals surface area contributed by atoms with Gasteiger partial charge in [-0.25, -0.2) is 9.59 Å². The van der Waals surface area contributed by atoms with Gasteiger partial charge in [-0.1, -0.05) is 69.3 Å². The molecule has 0 spiro atoms. The average molecular weight is 453 g/mol. The van der Waals surface area contributed by atoms with E-state index in [-0.39, 0.29) is 37.8 Å². The SMILES string of the molecule is CCC(C)(NC(=O)CC(C)(C)CNC(=O)OCC1c2ccccc2-c2ccccc21)C(=O)O. The standard InChI is InChI=1S/C26H32N2O5/c1-5-26(4,23(30)31)28-22(29)14-25(2,3)16-27-24(32)33-15-21-19-12-8-6-10-17(19)18-11-7-9-13-20(18)21/h6-13,21H,5,14-16H2,1-4H3,(H,27,32)(H,28,29)(H,30,31). The van der Waals surface area contributed by atoms with Crippen molar-refractivity contribution in [1.82, 2.24) is 10.6 Å².